The monoisotopic (exact) mass is 277 g/mol. The summed E-state index contributed by atoms with van der Waals surface area (Å²) in [5.41, 5.74) is 3.61. The molecule has 2 N–H and O–H groups in total. The predicted molar refractivity (Wildman–Crippen MR) is 73.9 cm³/mol. The molecule has 5 nitrogen and oxygen atoms in total. The first-order valence-corrected chi connectivity index (χ1v) is 5.88. The van der Waals surface area contributed by atoms with E-state index in [4.69, 9.17) is 16.3 Å². The molecule has 0 fully saturated rings. The topological polar surface area (TPSA) is 66.5 Å². The van der Waals surface area contributed by atoms with Crippen LogP contribution in [-0.2, 0) is 0 Å². The van der Waals surface area contributed by atoms with Crippen molar-refractivity contribution < 1.29 is 9.53 Å². The Morgan fingerprint density at radius 2 is 2.16 bits per heavy atom. The van der Waals surface area contributed by atoms with Gasteiger partial charge in [0.05, 0.1) is 18.3 Å². The molecule has 1 aromatic heterocycles. The molecule has 0 atom stereocenters. The summed E-state index contributed by atoms with van der Waals surface area (Å²) in [6.45, 7) is 0. The Hall–Kier alpha value is -2.27. The zero-order chi connectivity index (χ0) is 13.7. The zero-order valence-electron chi connectivity index (χ0n) is 10.2. The Morgan fingerprint density at radius 3 is 2.74 bits per heavy atom. The van der Waals surface area contributed by atoms with E-state index in [2.05, 4.69) is 15.5 Å². The maximum absolute atomic E-state index is 11.6. The van der Waals surface area contributed by atoms with Crippen LogP contribution in [0.4, 0.5) is 0 Å². The number of hydrazone groups is 1. The highest BCUT2D eigenvalue weighted by Gasteiger charge is 2.05. The van der Waals surface area contributed by atoms with Crippen molar-refractivity contribution in [1.82, 2.24) is 10.4 Å². The second-order valence-corrected chi connectivity index (χ2v) is 4.14. The number of nitrogens with one attached hydrogen (secondary N) is 2. The molecular weight excluding hydrogens is 266 g/mol. The number of H-pyrrole nitrogens is 1. The van der Waals surface area contributed by atoms with E-state index in [1.165, 1.54) is 12.3 Å². The van der Waals surface area contributed by atoms with Crippen LogP contribution in [0.25, 0.3) is 0 Å². The number of nitrogens with zero attached hydrogens (tertiary/aromatic N) is 1. The van der Waals surface area contributed by atoms with E-state index in [1.807, 2.05) is 24.3 Å². The summed E-state index contributed by atoms with van der Waals surface area (Å²) in [4.78, 5) is 14.3. The summed E-state index contributed by atoms with van der Waals surface area (Å²) in [5, 5.41) is 4.33. The first-order chi connectivity index (χ1) is 9.19. The van der Waals surface area contributed by atoms with Crippen molar-refractivity contribution in [2.75, 3.05) is 7.11 Å². The van der Waals surface area contributed by atoms with E-state index in [1.54, 1.807) is 13.3 Å². The lowest BCUT2D eigenvalue weighted by Crippen LogP contribution is -2.17. The molecule has 2 rings (SSSR count). The van der Waals surface area contributed by atoms with Gasteiger partial charge in [-0.1, -0.05) is 11.6 Å². The highest BCUT2D eigenvalue weighted by atomic mass is 35.5. The van der Waals surface area contributed by atoms with Gasteiger partial charge in [0.2, 0.25) is 0 Å². The number of carbonyl (C=O) groups excluding carboxylic acids is 1. The molecule has 0 bridgehead atoms. The number of carbonyl (C=O) groups is 1. The third kappa shape index (κ3) is 3.59. The maximum atomic E-state index is 11.6. The molecule has 1 amide bonds. The van der Waals surface area contributed by atoms with Gasteiger partial charge < -0.3 is 9.72 Å². The summed E-state index contributed by atoms with van der Waals surface area (Å²) >= 11 is 5.70. The molecular formula is C13H12ClN3O2. The van der Waals surface area contributed by atoms with E-state index in [-0.39, 0.29) is 5.91 Å². The van der Waals surface area contributed by atoms with Crippen molar-refractivity contribution in [1.29, 1.82) is 0 Å². The predicted octanol–water partition coefficient (Wildman–Crippen LogP) is 2.44. The molecule has 98 valence electrons. The third-order valence-corrected chi connectivity index (χ3v) is 2.61. The van der Waals surface area contributed by atoms with Gasteiger partial charge in [-0.2, -0.15) is 5.10 Å². The number of halogens is 1. The molecule has 1 aromatic carbocycles. The normalized spacial score (nSPS) is 10.6. The van der Waals surface area contributed by atoms with Crippen LogP contribution < -0.4 is 10.2 Å². The third-order valence-electron chi connectivity index (χ3n) is 2.39. The molecule has 0 aliphatic carbocycles. The van der Waals surface area contributed by atoms with E-state index < -0.39 is 0 Å². The number of hydrogen-bond acceptors (Lipinski definition) is 3. The first-order valence-electron chi connectivity index (χ1n) is 5.50. The highest BCUT2D eigenvalue weighted by molar-refractivity contribution is 6.30. The van der Waals surface area contributed by atoms with Crippen molar-refractivity contribution in [3.05, 3.63) is 52.8 Å². The largest absolute Gasteiger partial charge is 0.497 e. The molecule has 2 aromatic rings. The molecule has 1 heterocycles. The van der Waals surface area contributed by atoms with Gasteiger partial charge in [-0.15, -0.1) is 0 Å². The lowest BCUT2D eigenvalue weighted by atomic mass is 10.2. The number of hydrogen-bond donors (Lipinski definition) is 2. The smallest absolute Gasteiger partial charge is 0.287 e. The van der Waals surface area contributed by atoms with Gasteiger partial charge in [0.25, 0.3) is 5.91 Å². The number of aromatic amines is 1. The van der Waals surface area contributed by atoms with E-state index in [0.29, 0.717) is 10.7 Å². The Bertz CT molecular complexity index is 590. The molecule has 0 saturated carbocycles. The maximum Gasteiger partial charge on any atom is 0.287 e. The molecule has 0 radical (unpaired) electrons. The number of amides is 1. The highest BCUT2D eigenvalue weighted by Crippen LogP contribution is 2.10. The zero-order valence-corrected chi connectivity index (χ0v) is 10.9. The van der Waals surface area contributed by atoms with E-state index in [9.17, 15) is 4.79 Å². The fraction of sp³-hybridized carbons (Fsp3) is 0.0769. The molecule has 19 heavy (non-hydrogen) atoms. The fourth-order valence-electron chi connectivity index (χ4n) is 1.41. The average molecular weight is 278 g/mol. The average Bonchev–Trinajstić information content (AvgIpc) is 2.86. The van der Waals surface area contributed by atoms with Crippen LogP contribution in [0.5, 0.6) is 5.75 Å². The Morgan fingerprint density at radius 1 is 1.42 bits per heavy atom. The molecule has 0 aliphatic rings. The van der Waals surface area contributed by atoms with Crippen LogP contribution in [0.1, 0.15) is 16.1 Å². The summed E-state index contributed by atoms with van der Waals surface area (Å²) in [6.07, 6.45) is 3.07. The molecule has 0 saturated heterocycles. The number of rotatable bonds is 4. The minimum absolute atomic E-state index is 0.350. The quantitative estimate of drug-likeness (QED) is 0.666. The van der Waals surface area contributed by atoms with E-state index >= 15 is 0 Å². The van der Waals surface area contributed by atoms with Crippen molar-refractivity contribution in [2.45, 2.75) is 0 Å². The van der Waals surface area contributed by atoms with Crippen LogP contribution >= 0.6 is 11.6 Å². The van der Waals surface area contributed by atoms with Crippen LogP contribution in [0.2, 0.25) is 5.02 Å². The number of benzene rings is 1. The standard InChI is InChI=1S/C13H12ClN3O2/c1-19-11-4-2-9(3-5-11)7-16-17-13(18)12-6-10(14)8-15-12/h2-8,15H,1H3,(H,17,18)/b16-7+. The molecule has 0 aliphatic heterocycles. The Balaban J connectivity index is 1.94. The Labute approximate surface area is 115 Å². The number of methoxy groups -OCH3 is 1. The van der Waals surface area contributed by atoms with Crippen LogP contribution in [0.3, 0.4) is 0 Å². The molecule has 0 unspecified atom stereocenters. The van der Waals surface area contributed by atoms with Gasteiger partial charge in [0.1, 0.15) is 11.4 Å². The van der Waals surface area contributed by atoms with Gasteiger partial charge in [-0.05, 0) is 35.9 Å². The number of ether oxygens (including phenoxy) is 1. The van der Waals surface area contributed by atoms with Crippen molar-refractivity contribution in [3.8, 4) is 5.75 Å². The SMILES string of the molecule is COc1ccc(/C=N/NC(=O)c2cc(Cl)c[nH]2)cc1. The van der Waals surface area contributed by atoms with Crippen molar-refractivity contribution in [2.24, 2.45) is 5.10 Å². The second-order valence-electron chi connectivity index (χ2n) is 3.70. The van der Waals surface area contributed by atoms with Crippen LogP contribution in [-0.4, -0.2) is 24.2 Å². The fourth-order valence-corrected chi connectivity index (χ4v) is 1.58. The van der Waals surface area contributed by atoms with Gasteiger partial charge in [-0.3, -0.25) is 4.79 Å². The van der Waals surface area contributed by atoms with E-state index in [0.717, 1.165) is 11.3 Å². The summed E-state index contributed by atoms with van der Waals surface area (Å²) in [7, 11) is 1.60. The summed E-state index contributed by atoms with van der Waals surface area (Å²) < 4.78 is 5.04. The Kier molecular flexibility index (Phi) is 4.20. The minimum atomic E-state index is -0.350. The van der Waals surface area contributed by atoms with Gasteiger partial charge in [0.15, 0.2) is 0 Å². The van der Waals surface area contributed by atoms with Crippen LogP contribution in [0, 0.1) is 0 Å². The summed E-state index contributed by atoms with van der Waals surface area (Å²) in [6, 6.07) is 8.82. The van der Waals surface area contributed by atoms with Gasteiger partial charge in [0, 0.05) is 6.20 Å². The molecule has 6 heteroatoms. The second kappa shape index (κ2) is 6.06. The van der Waals surface area contributed by atoms with Crippen molar-refractivity contribution >= 4 is 23.7 Å². The lowest BCUT2D eigenvalue weighted by Gasteiger charge is -1.99. The summed E-state index contributed by atoms with van der Waals surface area (Å²) in [5.74, 6) is 0.416. The van der Waals surface area contributed by atoms with Gasteiger partial charge >= 0.3 is 0 Å². The van der Waals surface area contributed by atoms with Gasteiger partial charge in [-0.25, -0.2) is 5.43 Å². The molecule has 0 spiro atoms. The lowest BCUT2D eigenvalue weighted by molar-refractivity contribution is 0.0951. The van der Waals surface area contributed by atoms with Crippen LogP contribution in [0.15, 0.2) is 41.6 Å². The minimum Gasteiger partial charge on any atom is -0.497 e. The first kappa shape index (κ1) is 13.2. The van der Waals surface area contributed by atoms with Crippen molar-refractivity contribution in [3.63, 3.8) is 0 Å². The number of aromatic nitrogens is 1.